The number of benzene rings is 3. The number of ether oxygens (including phenoxy) is 1. The second-order valence-electron chi connectivity index (χ2n) is 8.96. The van der Waals surface area contributed by atoms with Crippen molar-refractivity contribution in [2.75, 3.05) is 25.0 Å². The van der Waals surface area contributed by atoms with Crippen molar-refractivity contribution < 1.29 is 24.2 Å². The van der Waals surface area contributed by atoms with E-state index in [2.05, 4.69) is 29.6 Å². The Balaban J connectivity index is 1.19. The summed E-state index contributed by atoms with van der Waals surface area (Å²) in [4.78, 5) is 38.1. The van der Waals surface area contributed by atoms with Crippen LogP contribution >= 0.6 is 0 Å². The van der Waals surface area contributed by atoms with E-state index in [0.717, 1.165) is 11.1 Å². The monoisotopic (exact) mass is 470 g/mol. The van der Waals surface area contributed by atoms with Crippen LogP contribution in [0.3, 0.4) is 0 Å². The second kappa shape index (κ2) is 9.62. The molecule has 1 saturated heterocycles. The molecule has 1 fully saturated rings. The van der Waals surface area contributed by atoms with Crippen LogP contribution in [0.5, 0.6) is 0 Å². The molecule has 2 amide bonds. The Labute approximate surface area is 203 Å². The van der Waals surface area contributed by atoms with Crippen LogP contribution in [0.4, 0.5) is 10.5 Å². The fraction of sp³-hybridized carbons (Fsp3) is 0.250. The highest BCUT2D eigenvalue weighted by Gasteiger charge is 2.30. The van der Waals surface area contributed by atoms with Crippen LogP contribution in [-0.4, -0.2) is 47.7 Å². The summed E-state index contributed by atoms with van der Waals surface area (Å²) in [6, 6.07) is 22.9. The summed E-state index contributed by atoms with van der Waals surface area (Å²) < 4.78 is 5.57. The molecule has 5 rings (SSSR count). The van der Waals surface area contributed by atoms with Crippen LogP contribution in [0.15, 0.2) is 72.8 Å². The number of carboxylic acids is 1. The molecule has 7 heteroatoms. The van der Waals surface area contributed by atoms with Crippen molar-refractivity contribution in [3.8, 4) is 11.1 Å². The number of nitrogens with zero attached hydrogens (tertiary/aromatic N) is 1. The molecule has 35 heavy (non-hydrogen) atoms. The van der Waals surface area contributed by atoms with Gasteiger partial charge in [-0.3, -0.25) is 14.9 Å². The first-order chi connectivity index (χ1) is 17.0. The third-order valence-electron chi connectivity index (χ3n) is 6.78. The number of hydrogen-bond acceptors (Lipinski definition) is 4. The van der Waals surface area contributed by atoms with E-state index in [0.29, 0.717) is 30.6 Å². The molecule has 7 nitrogen and oxygen atoms in total. The fourth-order valence-corrected chi connectivity index (χ4v) is 4.99. The van der Waals surface area contributed by atoms with E-state index in [4.69, 9.17) is 4.74 Å². The van der Waals surface area contributed by atoms with Crippen LogP contribution in [0.1, 0.15) is 40.2 Å². The lowest BCUT2D eigenvalue weighted by Gasteiger charge is -2.30. The lowest BCUT2D eigenvalue weighted by atomic mass is 9.97. The van der Waals surface area contributed by atoms with Gasteiger partial charge in [-0.15, -0.1) is 0 Å². The number of nitrogens with one attached hydrogen (secondary N) is 1. The molecule has 1 heterocycles. The first-order valence-electron chi connectivity index (χ1n) is 11.8. The second-order valence-corrected chi connectivity index (χ2v) is 8.96. The topological polar surface area (TPSA) is 95.9 Å². The van der Waals surface area contributed by atoms with Gasteiger partial charge in [-0.25, -0.2) is 4.79 Å². The Morgan fingerprint density at radius 1 is 0.914 bits per heavy atom. The molecule has 2 N–H and O–H groups in total. The van der Waals surface area contributed by atoms with Gasteiger partial charge in [0.15, 0.2) is 0 Å². The third-order valence-corrected chi connectivity index (χ3v) is 6.78. The Bertz CT molecular complexity index is 1220. The van der Waals surface area contributed by atoms with Gasteiger partial charge in [0, 0.05) is 30.3 Å². The summed E-state index contributed by atoms with van der Waals surface area (Å²) >= 11 is 0. The van der Waals surface area contributed by atoms with Crippen LogP contribution < -0.4 is 5.32 Å². The number of carbonyl (C=O) groups is 3. The summed E-state index contributed by atoms with van der Waals surface area (Å²) in [6.07, 6.45) is 0.693. The standard InChI is InChI=1S/C28H26N2O5/c31-26(30-15-5-6-19(16-30)27(32)33)18-11-13-20(14-12-18)29-28(34)35-17-25-23-9-3-1-7-21(23)22-8-2-4-10-24(22)25/h1-4,7-14,19,25H,5-6,15-17H2,(H,29,34)(H,32,33)/t19-/m1/s1. The molecule has 0 spiro atoms. The van der Waals surface area contributed by atoms with Gasteiger partial charge in [0.2, 0.25) is 0 Å². The summed E-state index contributed by atoms with van der Waals surface area (Å²) in [7, 11) is 0. The highest BCUT2D eigenvalue weighted by molar-refractivity contribution is 5.95. The van der Waals surface area contributed by atoms with E-state index in [1.54, 1.807) is 29.2 Å². The zero-order chi connectivity index (χ0) is 24.4. The molecule has 178 valence electrons. The predicted molar refractivity (Wildman–Crippen MR) is 131 cm³/mol. The van der Waals surface area contributed by atoms with Gasteiger partial charge < -0.3 is 14.7 Å². The van der Waals surface area contributed by atoms with Gasteiger partial charge in [0.25, 0.3) is 5.91 Å². The summed E-state index contributed by atoms with van der Waals surface area (Å²) in [6.45, 7) is 0.979. The van der Waals surface area contributed by atoms with Crippen molar-refractivity contribution in [2.45, 2.75) is 18.8 Å². The van der Waals surface area contributed by atoms with E-state index in [9.17, 15) is 19.5 Å². The number of aliphatic carboxylic acids is 1. The van der Waals surface area contributed by atoms with E-state index in [1.165, 1.54) is 11.1 Å². The third kappa shape index (κ3) is 4.62. The molecule has 0 unspecified atom stereocenters. The van der Waals surface area contributed by atoms with Crippen molar-refractivity contribution >= 4 is 23.7 Å². The van der Waals surface area contributed by atoms with Crippen molar-refractivity contribution in [3.05, 3.63) is 89.5 Å². The number of carboxylic acid groups (broad SMARTS) is 1. The molecule has 2 aliphatic rings. The molecule has 0 radical (unpaired) electrons. The number of likely N-dealkylation sites (tertiary alicyclic amines) is 1. The molecular weight excluding hydrogens is 444 g/mol. The van der Waals surface area contributed by atoms with E-state index in [-0.39, 0.29) is 25.0 Å². The van der Waals surface area contributed by atoms with Gasteiger partial charge >= 0.3 is 12.1 Å². The smallest absolute Gasteiger partial charge is 0.411 e. The minimum atomic E-state index is -0.870. The Hall–Kier alpha value is -4.13. The van der Waals surface area contributed by atoms with Gasteiger partial charge in [-0.1, -0.05) is 48.5 Å². The zero-order valence-electron chi connectivity index (χ0n) is 19.1. The zero-order valence-corrected chi connectivity index (χ0v) is 19.1. The minimum Gasteiger partial charge on any atom is -0.481 e. The average molecular weight is 471 g/mol. The van der Waals surface area contributed by atoms with Crippen molar-refractivity contribution in [3.63, 3.8) is 0 Å². The fourth-order valence-electron chi connectivity index (χ4n) is 4.99. The molecule has 1 aliphatic heterocycles. The van der Waals surface area contributed by atoms with E-state index < -0.39 is 18.0 Å². The predicted octanol–water partition coefficient (Wildman–Crippen LogP) is 4.98. The van der Waals surface area contributed by atoms with Gasteiger partial charge in [0.1, 0.15) is 6.61 Å². The maximum Gasteiger partial charge on any atom is 0.411 e. The van der Waals surface area contributed by atoms with Gasteiger partial charge in [-0.2, -0.15) is 0 Å². The number of carbonyl (C=O) groups excluding carboxylic acids is 2. The SMILES string of the molecule is O=C(Nc1ccc(C(=O)N2CCC[C@@H](C(=O)O)C2)cc1)OCC1c2ccccc2-c2ccccc21. The number of fused-ring (bicyclic) bond motifs is 3. The highest BCUT2D eigenvalue weighted by atomic mass is 16.5. The minimum absolute atomic E-state index is 0.0210. The summed E-state index contributed by atoms with van der Waals surface area (Å²) in [5.74, 6) is -1.62. The van der Waals surface area contributed by atoms with Gasteiger partial charge in [-0.05, 0) is 59.4 Å². The summed E-state index contributed by atoms with van der Waals surface area (Å²) in [5.41, 5.74) is 5.59. The average Bonchev–Trinajstić information content (AvgIpc) is 3.21. The molecule has 0 aromatic heterocycles. The number of anilines is 1. The van der Waals surface area contributed by atoms with Crippen molar-refractivity contribution in [1.82, 2.24) is 4.90 Å². The number of piperidine rings is 1. The molecule has 3 aromatic carbocycles. The number of hydrogen-bond donors (Lipinski definition) is 2. The van der Waals surface area contributed by atoms with Crippen LogP contribution in [0, 0.1) is 5.92 Å². The Morgan fingerprint density at radius 2 is 1.54 bits per heavy atom. The van der Waals surface area contributed by atoms with Crippen LogP contribution in [-0.2, 0) is 9.53 Å². The van der Waals surface area contributed by atoms with E-state index >= 15 is 0 Å². The number of rotatable bonds is 5. The Kier molecular flexibility index (Phi) is 6.23. The molecule has 0 saturated carbocycles. The maximum atomic E-state index is 12.8. The van der Waals surface area contributed by atoms with Crippen molar-refractivity contribution in [1.29, 1.82) is 0 Å². The molecule has 0 bridgehead atoms. The molecular formula is C28H26N2O5. The molecule has 1 atom stereocenters. The normalized spacial score (nSPS) is 16.8. The van der Waals surface area contributed by atoms with Crippen LogP contribution in [0.25, 0.3) is 11.1 Å². The van der Waals surface area contributed by atoms with Crippen LogP contribution in [0.2, 0.25) is 0 Å². The van der Waals surface area contributed by atoms with Gasteiger partial charge in [0.05, 0.1) is 5.92 Å². The molecule has 1 aliphatic carbocycles. The summed E-state index contributed by atoms with van der Waals surface area (Å²) in [5, 5.41) is 12.0. The lowest BCUT2D eigenvalue weighted by molar-refractivity contribution is -0.143. The Morgan fingerprint density at radius 3 is 2.17 bits per heavy atom. The largest absolute Gasteiger partial charge is 0.481 e. The molecule has 3 aromatic rings. The quantitative estimate of drug-likeness (QED) is 0.548. The number of amides is 2. The first-order valence-corrected chi connectivity index (χ1v) is 11.8. The first kappa shape index (κ1) is 22.7. The van der Waals surface area contributed by atoms with Crippen molar-refractivity contribution in [2.24, 2.45) is 5.92 Å². The maximum absolute atomic E-state index is 12.8. The van der Waals surface area contributed by atoms with E-state index in [1.807, 2.05) is 24.3 Å². The highest BCUT2D eigenvalue weighted by Crippen LogP contribution is 2.44. The lowest BCUT2D eigenvalue weighted by Crippen LogP contribution is -2.42.